The molecule has 0 aromatic heterocycles. The van der Waals surface area contributed by atoms with E-state index in [1.807, 2.05) is 0 Å². The molecular weight excluding hydrogens is 461 g/mol. The summed E-state index contributed by atoms with van der Waals surface area (Å²) in [4.78, 5) is 21.4. The van der Waals surface area contributed by atoms with Crippen molar-refractivity contribution in [2.45, 2.75) is 34.5 Å². The predicted molar refractivity (Wildman–Crippen MR) is 117 cm³/mol. The average Bonchev–Trinajstić information content (AvgIpc) is 2.60. The predicted octanol–water partition coefficient (Wildman–Crippen LogP) is 3.95. The van der Waals surface area contributed by atoms with Crippen molar-refractivity contribution in [3.05, 3.63) is 59.7 Å². The maximum atomic E-state index is 10.9. The molecule has 27 heavy (non-hydrogen) atoms. The van der Waals surface area contributed by atoms with Crippen molar-refractivity contribution in [3.63, 3.8) is 0 Å². The summed E-state index contributed by atoms with van der Waals surface area (Å²) in [5.41, 5.74) is 0.486. The first-order valence-corrected chi connectivity index (χ1v) is 23.6. The number of benzene rings is 2. The van der Waals surface area contributed by atoms with Crippen LogP contribution in [0.1, 0.15) is 20.7 Å². The summed E-state index contributed by atoms with van der Waals surface area (Å²) >= 11 is -3.20. The number of carbonyl (C=O) groups excluding carboxylic acids is 1. The molecule has 146 valence electrons. The number of carboxylic acids is 1. The average molecular weight is 492 g/mol. The van der Waals surface area contributed by atoms with Crippen LogP contribution in [0.5, 0.6) is 0 Å². The quantitative estimate of drug-likeness (QED) is 0.520. The third kappa shape index (κ3) is 7.54. The first-order chi connectivity index (χ1) is 12.4. The van der Waals surface area contributed by atoms with E-state index in [1.54, 1.807) is 8.79 Å². The molecule has 0 aliphatic heterocycles. The van der Waals surface area contributed by atoms with Crippen molar-refractivity contribution in [1.29, 1.82) is 0 Å². The zero-order chi connectivity index (χ0) is 20.8. The summed E-state index contributed by atoms with van der Waals surface area (Å²) in [5, 5.41) is 8.56. The van der Waals surface area contributed by atoms with Gasteiger partial charge in [-0.3, -0.25) is 0 Å². The number of ether oxygens (including phenoxy) is 1. The first kappa shape index (κ1) is 23.5. The van der Waals surface area contributed by atoms with Crippen LogP contribution in [0.15, 0.2) is 48.5 Å². The fraction of sp³-hybridized carbons (Fsp3) is 0.333. The molecule has 6 heteroatoms. The molecule has 0 bridgehead atoms. The monoisotopic (exact) mass is 494 g/mol. The molecule has 2 rings (SSSR count). The number of aromatic carboxylic acids is 1. The summed E-state index contributed by atoms with van der Waals surface area (Å²) in [6.07, 6.45) is 0. The SMILES string of the molecule is COC(=O)c1ccc(C(=O)O)cc1.[CH3][Ge]([CH3])([CH3])[c]1ccc[c]([Ge]([CH3])([CH3])[CH3])c1. The molecule has 0 fully saturated rings. The van der Waals surface area contributed by atoms with Gasteiger partial charge >= 0.3 is 106 Å². The number of carbonyl (C=O) groups is 2. The van der Waals surface area contributed by atoms with Gasteiger partial charge in [-0.25, -0.2) is 9.59 Å². The summed E-state index contributed by atoms with van der Waals surface area (Å²) in [7, 11) is 1.27. The standard InChI is InChI=1S/C12H22Ge2.C9H8O4/c1-13(2,3)11-8-7-9-12(10-11)14(4,5)6;1-13-9(12)7-4-2-6(3-5-7)8(10)11/h7-10H,1-6H3;2-5H,1H3,(H,10,11). The third-order valence-corrected chi connectivity index (χ3v) is 12.7. The van der Waals surface area contributed by atoms with E-state index in [2.05, 4.69) is 63.5 Å². The molecule has 0 saturated carbocycles. The van der Waals surface area contributed by atoms with Crippen molar-refractivity contribution < 1.29 is 19.4 Å². The Bertz CT molecular complexity index is 756. The molecule has 0 spiro atoms. The third-order valence-electron chi connectivity index (χ3n) is 4.15. The van der Waals surface area contributed by atoms with E-state index in [9.17, 15) is 9.59 Å². The van der Waals surface area contributed by atoms with Crippen LogP contribution in [-0.4, -0.2) is 50.7 Å². The number of hydrogen-bond donors (Lipinski definition) is 1. The summed E-state index contributed by atoms with van der Waals surface area (Å²) in [6.45, 7) is 0. The van der Waals surface area contributed by atoms with Gasteiger partial charge < -0.3 is 9.84 Å². The Morgan fingerprint density at radius 3 is 1.52 bits per heavy atom. The van der Waals surface area contributed by atoms with Gasteiger partial charge in [-0.2, -0.15) is 0 Å². The van der Waals surface area contributed by atoms with E-state index in [-0.39, 0.29) is 5.56 Å². The second kappa shape index (κ2) is 9.60. The number of esters is 1. The van der Waals surface area contributed by atoms with Gasteiger partial charge in [0.15, 0.2) is 0 Å². The Kier molecular flexibility index (Phi) is 8.36. The topological polar surface area (TPSA) is 63.6 Å². The van der Waals surface area contributed by atoms with Crippen molar-refractivity contribution in [2.75, 3.05) is 7.11 Å². The zero-order valence-corrected chi connectivity index (χ0v) is 21.5. The van der Waals surface area contributed by atoms with Crippen LogP contribution in [0.4, 0.5) is 0 Å². The van der Waals surface area contributed by atoms with E-state index in [4.69, 9.17) is 5.11 Å². The number of carboxylic acid groups (broad SMARTS) is 1. The summed E-state index contributed by atoms with van der Waals surface area (Å²) in [6, 6.07) is 15.0. The van der Waals surface area contributed by atoms with Gasteiger partial charge in [-0.1, -0.05) is 0 Å². The van der Waals surface area contributed by atoms with Gasteiger partial charge in [0.05, 0.1) is 18.2 Å². The van der Waals surface area contributed by atoms with Gasteiger partial charge in [0.2, 0.25) is 0 Å². The molecule has 0 aliphatic carbocycles. The van der Waals surface area contributed by atoms with Gasteiger partial charge in [0.1, 0.15) is 0 Å². The van der Waals surface area contributed by atoms with Crippen molar-refractivity contribution in [3.8, 4) is 0 Å². The van der Waals surface area contributed by atoms with Crippen LogP contribution < -0.4 is 8.79 Å². The molecule has 0 atom stereocenters. The molecule has 2 aromatic carbocycles. The molecule has 0 radical (unpaired) electrons. The van der Waals surface area contributed by atoms with E-state index in [1.165, 1.54) is 31.4 Å². The van der Waals surface area contributed by atoms with Crippen LogP contribution in [-0.2, 0) is 4.74 Å². The van der Waals surface area contributed by atoms with Crippen molar-refractivity contribution in [1.82, 2.24) is 0 Å². The maximum absolute atomic E-state index is 10.9. The Morgan fingerprint density at radius 1 is 0.778 bits per heavy atom. The molecule has 0 heterocycles. The molecule has 1 N–H and O–H groups in total. The molecule has 0 amide bonds. The molecule has 4 nitrogen and oxygen atoms in total. The van der Waals surface area contributed by atoms with Gasteiger partial charge in [0.25, 0.3) is 0 Å². The van der Waals surface area contributed by atoms with Crippen LogP contribution in [0.25, 0.3) is 0 Å². The van der Waals surface area contributed by atoms with Crippen LogP contribution >= 0.6 is 0 Å². The van der Waals surface area contributed by atoms with Crippen molar-refractivity contribution >= 4 is 47.3 Å². The minimum absolute atomic E-state index is 0.146. The number of methoxy groups -OCH3 is 1. The summed E-state index contributed by atoms with van der Waals surface area (Å²) < 4.78 is 7.76. The van der Waals surface area contributed by atoms with Crippen LogP contribution in [0.2, 0.25) is 34.5 Å². The first-order valence-electron chi connectivity index (χ1n) is 8.89. The Labute approximate surface area is 167 Å². The van der Waals surface area contributed by atoms with Gasteiger partial charge in [-0.15, -0.1) is 0 Å². The van der Waals surface area contributed by atoms with Crippen molar-refractivity contribution in [2.24, 2.45) is 0 Å². The fourth-order valence-corrected chi connectivity index (χ4v) is 7.93. The van der Waals surface area contributed by atoms with E-state index in [0.717, 1.165) is 0 Å². The minimum atomic E-state index is -1.60. The summed E-state index contributed by atoms with van der Waals surface area (Å²) in [5.74, 6) is 13.3. The van der Waals surface area contributed by atoms with E-state index >= 15 is 0 Å². The molecular formula is C21H30Ge2O4. The second-order valence-electron chi connectivity index (χ2n) is 8.45. The Morgan fingerprint density at radius 2 is 1.19 bits per heavy atom. The molecule has 0 saturated heterocycles. The molecule has 0 unspecified atom stereocenters. The zero-order valence-electron chi connectivity index (χ0n) is 17.3. The molecule has 2 aromatic rings. The fourth-order valence-electron chi connectivity index (χ4n) is 2.32. The molecule has 0 aliphatic rings. The second-order valence-corrected chi connectivity index (χ2v) is 29.8. The van der Waals surface area contributed by atoms with Gasteiger partial charge in [0, 0.05) is 0 Å². The van der Waals surface area contributed by atoms with Crippen LogP contribution in [0.3, 0.4) is 0 Å². The number of rotatable bonds is 4. The van der Waals surface area contributed by atoms with E-state index in [0.29, 0.717) is 5.56 Å². The number of hydrogen-bond acceptors (Lipinski definition) is 3. The van der Waals surface area contributed by atoms with E-state index < -0.39 is 38.5 Å². The van der Waals surface area contributed by atoms with Crippen LogP contribution in [0, 0.1) is 0 Å². The van der Waals surface area contributed by atoms with Gasteiger partial charge in [-0.05, 0) is 24.3 Å². The normalized spacial score (nSPS) is 11.2. The Balaban J connectivity index is 0.000000271. The Hall–Kier alpha value is -1.53.